The summed E-state index contributed by atoms with van der Waals surface area (Å²) >= 11 is 0. The van der Waals surface area contributed by atoms with E-state index < -0.39 is 17.2 Å². The number of nitrogen functional groups attached to an aromatic ring is 1. The molecule has 4 N–H and O–H groups in total. The van der Waals surface area contributed by atoms with Gasteiger partial charge in [0.15, 0.2) is 11.2 Å². The Morgan fingerprint density at radius 1 is 1.53 bits per heavy atom. The predicted molar refractivity (Wildman–Crippen MR) is 65.4 cm³/mol. The molecule has 2 heterocycles. The summed E-state index contributed by atoms with van der Waals surface area (Å²) in [6.07, 6.45) is 0. The van der Waals surface area contributed by atoms with Gasteiger partial charge in [0.1, 0.15) is 6.54 Å². The molecule has 2 aromatic heterocycles. The normalized spacial score (nSPS) is 10.7. The van der Waals surface area contributed by atoms with Crippen LogP contribution in [0.1, 0.15) is 0 Å². The molecule has 2 rings (SSSR count). The number of hydrogen-bond donors (Lipinski definition) is 3. The first kappa shape index (κ1) is 12.8. The van der Waals surface area contributed by atoms with Crippen molar-refractivity contribution in [3.63, 3.8) is 0 Å². The highest BCUT2D eigenvalue weighted by Crippen LogP contribution is 2.13. The van der Waals surface area contributed by atoms with Gasteiger partial charge >= 0.3 is 11.7 Å². The van der Waals surface area contributed by atoms with Crippen LogP contribution in [0.15, 0.2) is 9.59 Å². The maximum atomic E-state index is 11.8. The van der Waals surface area contributed by atoms with Crippen LogP contribution in [0, 0.1) is 0 Å². The topological polar surface area (TPSA) is 137 Å². The van der Waals surface area contributed by atoms with Gasteiger partial charge in [-0.3, -0.25) is 29.1 Å². The third-order valence-corrected chi connectivity index (χ3v) is 2.65. The lowest BCUT2D eigenvalue weighted by atomic mass is 10.5. The van der Waals surface area contributed by atoms with E-state index in [4.69, 9.17) is 5.84 Å². The molecule has 0 aliphatic rings. The van der Waals surface area contributed by atoms with Gasteiger partial charge in [-0.2, -0.15) is 4.98 Å². The zero-order valence-corrected chi connectivity index (χ0v) is 10.3. The largest absolute Gasteiger partial charge is 0.468 e. The number of esters is 1. The van der Waals surface area contributed by atoms with Crippen LogP contribution in [0.5, 0.6) is 0 Å². The van der Waals surface area contributed by atoms with E-state index in [0.29, 0.717) is 0 Å². The summed E-state index contributed by atoms with van der Waals surface area (Å²) in [7, 11) is 2.66. The number of aromatic nitrogens is 4. The van der Waals surface area contributed by atoms with Crippen molar-refractivity contribution >= 4 is 23.1 Å². The molecule has 0 spiro atoms. The number of methoxy groups -OCH3 is 1. The molecule has 0 radical (unpaired) electrons. The molecule has 0 atom stereocenters. The van der Waals surface area contributed by atoms with Gasteiger partial charge in [0.05, 0.1) is 7.11 Å². The minimum absolute atomic E-state index is 0.0560. The van der Waals surface area contributed by atoms with Crippen LogP contribution in [0.4, 0.5) is 5.95 Å². The van der Waals surface area contributed by atoms with Crippen molar-refractivity contribution in [1.29, 1.82) is 0 Å². The van der Waals surface area contributed by atoms with Crippen LogP contribution in [-0.2, 0) is 23.1 Å². The van der Waals surface area contributed by atoms with Gasteiger partial charge in [-0.25, -0.2) is 10.6 Å². The second-order valence-corrected chi connectivity index (χ2v) is 3.73. The van der Waals surface area contributed by atoms with Crippen molar-refractivity contribution in [3.05, 3.63) is 20.8 Å². The van der Waals surface area contributed by atoms with Gasteiger partial charge in [-0.1, -0.05) is 0 Å². The van der Waals surface area contributed by atoms with E-state index in [9.17, 15) is 14.4 Å². The summed E-state index contributed by atoms with van der Waals surface area (Å²) in [4.78, 5) is 40.7. The zero-order valence-electron chi connectivity index (χ0n) is 10.3. The molecular weight excluding hydrogens is 256 g/mol. The van der Waals surface area contributed by atoms with Gasteiger partial charge in [0.2, 0.25) is 5.95 Å². The van der Waals surface area contributed by atoms with Crippen LogP contribution < -0.4 is 22.5 Å². The molecule has 0 unspecified atom stereocenters. The first-order chi connectivity index (χ1) is 8.99. The number of nitrogens with zero attached hydrogens (tertiary/aromatic N) is 3. The zero-order chi connectivity index (χ0) is 14.2. The number of aromatic amines is 1. The van der Waals surface area contributed by atoms with Gasteiger partial charge in [-0.15, -0.1) is 0 Å². The maximum absolute atomic E-state index is 11.8. The molecular formula is C9H12N6O4. The van der Waals surface area contributed by atoms with Crippen LogP contribution >= 0.6 is 0 Å². The fraction of sp³-hybridized carbons (Fsp3) is 0.333. The molecule has 0 fully saturated rings. The Morgan fingerprint density at radius 3 is 2.79 bits per heavy atom. The van der Waals surface area contributed by atoms with Crippen LogP contribution in [-0.4, -0.2) is 32.2 Å². The summed E-state index contributed by atoms with van der Waals surface area (Å²) < 4.78 is 6.91. The van der Waals surface area contributed by atoms with Crippen molar-refractivity contribution in [2.75, 3.05) is 12.5 Å². The number of fused-ring (bicyclic) bond motifs is 1. The summed E-state index contributed by atoms with van der Waals surface area (Å²) in [6, 6.07) is 0. The maximum Gasteiger partial charge on any atom is 0.329 e. The van der Waals surface area contributed by atoms with Crippen molar-refractivity contribution in [3.8, 4) is 0 Å². The number of ether oxygens (including phenoxy) is 1. The number of hydrogen-bond acceptors (Lipinski definition) is 7. The molecule has 0 amide bonds. The van der Waals surface area contributed by atoms with Crippen LogP contribution in [0.25, 0.3) is 11.2 Å². The Hall–Kier alpha value is -2.62. The number of hydrazine groups is 1. The van der Waals surface area contributed by atoms with E-state index in [1.165, 1.54) is 18.7 Å². The summed E-state index contributed by atoms with van der Waals surface area (Å²) in [5.74, 6) is 4.78. The summed E-state index contributed by atoms with van der Waals surface area (Å²) in [5, 5.41) is 0. The molecule has 10 nitrogen and oxygen atoms in total. The van der Waals surface area contributed by atoms with Crippen molar-refractivity contribution < 1.29 is 9.53 Å². The number of imidazole rings is 1. The molecule has 0 bridgehead atoms. The van der Waals surface area contributed by atoms with E-state index in [1.807, 2.05) is 0 Å². The first-order valence-corrected chi connectivity index (χ1v) is 5.22. The smallest absolute Gasteiger partial charge is 0.329 e. The minimum atomic E-state index is -0.656. The number of carbonyl (C=O) groups is 1. The van der Waals surface area contributed by atoms with Crippen LogP contribution in [0.3, 0.4) is 0 Å². The van der Waals surface area contributed by atoms with Gasteiger partial charge < -0.3 is 4.74 Å². The fourth-order valence-corrected chi connectivity index (χ4v) is 1.69. The minimum Gasteiger partial charge on any atom is -0.468 e. The number of anilines is 1. The fourth-order valence-electron chi connectivity index (χ4n) is 1.69. The molecule has 10 heteroatoms. The van der Waals surface area contributed by atoms with E-state index in [-0.39, 0.29) is 23.7 Å². The lowest BCUT2D eigenvalue weighted by molar-refractivity contribution is -0.141. The van der Waals surface area contributed by atoms with Crippen LogP contribution in [0.2, 0.25) is 0 Å². The summed E-state index contributed by atoms with van der Waals surface area (Å²) in [6.45, 7) is -0.256. The Morgan fingerprint density at radius 2 is 2.21 bits per heavy atom. The first-order valence-electron chi connectivity index (χ1n) is 5.22. The Balaban J connectivity index is 2.81. The van der Waals surface area contributed by atoms with Crippen molar-refractivity contribution in [1.82, 2.24) is 19.1 Å². The number of aryl methyl sites for hydroxylation is 1. The quantitative estimate of drug-likeness (QED) is 0.329. The second-order valence-electron chi connectivity index (χ2n) is 3.73. The average Bonchev–Trinajstić information content (AvgIpc) is 2.75. The Kier molecular flexibility index (Phi) is 3.09. The molecule has 0 saturated heterocycles. The highest BCUT2D eigenvalue weighted by molar-refractivity contribution is 5.78. The number of nitrogens with one attached hydrogen (secondary N) is 2. The van der Waals surface area contributed by atoms with E-state index in [0.717, 1.165) is 4.57 Å². The third-order valence-electron chi connectivity index (χ3n) is 2.65. The van der Waals surface area contributed by atoms with E-state index >= 15 is 0 Å². The monoisotopic (exact) mass is 268 g/mol. The van der Waals surface area contributed by atoms with Gasteiger partial charge in [0, 0.05) is 7.05 Å². The third kappa shape index (κ3) is 1.97. The number of carbonyl (C=O) groups excluding carboxylic acids is 1. The molecule has 2 aromatic rings. The Bertz CT molecular complexity index is 754. The summed E-state index contributed by atoms with van der Waals surface area (Å²) in [5.41, 5.74) is 1.17. The molecule has 102 valence electrons. The highest BCUT2D eigenvalue weighted by Gasteiger charge is 2.18. The predicted octanol–water partition coefficient (Wildman–Crippen LogP) is -2.12. The number of nitrogens with two attached hydrogens (primary N) is 1. The SMILES string of the molecule is COC(=O)Cn1c(NN)nc2c1c(=O)[nH]c(=O)n2C. The van der Waals surface area contributed by atoms with E-state index in [2.05, 4.69) is 20.1 Å². The average molecular weight is 268 g/mol. The Labute approximate surface area is 105 Å². The molecule has 0 saturated carbocycles. The molecule has 0 aromatic carbocycles. The van der Waals surface area contributed by atoms with Gasteiger partial charge in [0.25, 0.3) is 5.56 Å². The molecule has 19 heavy (non-hydrogen) atoms. The van der Waals surface area contributed by atoms with E-state index in [1.54, 1.807) is 0 Å². The molecule has 0 aliphatic heterocycles. The lowest BCUT2D eigenvalue weighted by Gasteiger charge is -2.05. The number of H-pyrrole nitrogens is 1. The van der Waals surface area contributed by atoms with Gasteiger partial charge in [-0.05, 0) is 0 Å². The lowest BCUT2D eigenvalue weighted by Crippen LogP contribution is -2.29. The molecule has 0 aliphatic carbocycles. The second kappa shape index (κ2) is 4.57. The number of rotatable bonds is 3. The standard InChI is InChI=1S/C9H12N6O4/c1-14-6-5(7(17)12-9(14)18)15(3-4(16)19-2)8(11-6)13-10/h3,10H2,1-2H3,(H,11,13)(H,12,17,18). The van der Waals surface area contributed by atoms with Crippen molar-refractivity contribution in [2.24, 2.45) is 12.9 Å². The highest BCUT2D eigenvalue weighted by atomic mass is 16.5. The van der Waals surface area contributed by atoms with Crippen molar-refractivity contribution in [2.45, 2.75) is 6.54 Å².